The number of nitrogens with one attached hydrogen (secondary N) is 1. The van der Waals surface area contributed by atoms with Gasteiger partial charge in [0.05, 0.1) is 34.8 Å². The highest BCUT2D eigenvalue weighted by molar-refractivity contribution is 6.09. The second-order valence-electron chi connectivity index (χ2n) is 15.8. The summed E-state index contributed by atoms with van der Waals surface area (Å²) in [4.78, 5) is 47.3. The number of nitrogens with zero attached hydrogens (tertiary/aromatic N) is 7. The van der Waals surface area contributed by atoms with Gasteiger partial charge in [0.2, 0.25) is 11.8 Å². The van der Waals surface area contributed by atoms with E-state index in [-0.39, 0.29) is 29.6 Å². The molecule has 0 radical (unpaired) electrons. The van der Waals surface area contributed by atoms with E-state index in [9.17, 15) is 19.1 Å². The number of aromatic nitrogens is 4. The number of hydrogen-bond donors (Lipinski definition) is 2. The van der Waals surface area contributed by atoms with Gasteiger partial charge in [-0.15, -0.1) is 0 Å². The molecule has 2 aliphatic carbocycles. The molecule has 11 nitrogen and oxygen atoms in total. The van der Waals surface area contributed by atoms with E-state index >= 15 is 0 Å². The minimum absolute atomic E-state index is 0.103. The molecule has 4 fully saturated rings. The Hall–Kier alpha value is -4.42. The summed E-state index contributed by atoms with van der Waals surface area (Å²) in [7, 11) is 0. The van der Waals surface area contributed by atoms with Crippen molar-refractivity contribution in [2.45, 2.75) is 88.8 Å². The molecule has 51 heavy (non-hydrogen) atoms. The summed E-state index contributed by atoms with van der Waals surface area (Å²) in [6.45, 7) is 6.81. The van der Waals surface area contributed by atoms with E-state index < -0.39 is 17.8 Å². The van der Waals surface area contributed by atoms with E-state index in [0.717, 1.165) is 47.2 Å². The quantitative estimate of drug-likeness (QED) is 0.259. The van der Waals surface area contributed by atoms with Crippen molar-refractivity contribution in [3.63, 3.8) is 0 Å². The van der Waals surface area contributed by atoms with Crippen LogP contribution in [0.1, 0.15) is 76.8 Å². The predicted octanol–water partition coefficient (Wildman–Crippen LogP) is 5.56. The van der Waals surface area contributed by atoms with Crippen LogP contribution in [0.25, 0.3) is 22.3 Å². The van der Waals surface area contributed by atoms with Crippen LogP contribution in [0, 0.1) is 11.2 Å². The maximum atomic E-state index is 14.8. The molecule has 4 aromatic rings. The number of aliphatic hydroxyl groups is 1. The number of imidazole rings is 1. The number of amides is 2. The summed E-state index contributed by atoms with van der Waals surface area (Å²) in [5, 5.41) is 12.7. The average molecular weight is 693 g/mol. The molecule has 3 aliphatic heterocycles. The minimum Gasteiger partial charge on any atom is -0.387 e. The summed E-state index contributed by atoms with van der Waals surface area (Å²) < 4.78 is 16.9. The molecule has 2 spiro atoms. The van der Waals surface area contributed by atoms with Gasteiger partial charge in [-0.25, -0.2) is 14.4 Å². The Kier molecular flexibility index (Phi) is 7.70. The van der Waals surface area contributed by atoms with Crippen LogP contribution in [-0.4, -0.2) is 91.1 Å². The fraction of sp³-hybridized carbons (Fsp3) is 0.513. The zero-order chi connectivity index (χ0) is 35.1. The molecule has 2 N–H and O–H groups in total. The summed E-state index contributed by atoms with van der Waals surface area (Å²) in [6.07, 6.45) is 12.8. The van der Waals surface area contributed by atoms with Crippen LogP contribution in [0.3, 0.4) is 0 Å². The summed E-state index contributed by atoms with van der Waals surface area (Å²) >= 11 is 0. The molecule has 0 atom stereocenters. The van der Waals surface area contributed by atoms with Crippen molar-refractivity contribution in [3.05, 3.63) is 60.4 Å². The number of fused-ring (bicyclic) bond motifs is 3. The van der Waals surface area contributed by atoms with Crippen LogP contribution in [0.2, 0.25) is 0 Å². The van der Waals surface area contributed by atoms with Crippen LogP contribution >= 0.6 is 0 Å². The number of pyridine rings is 2. The molecule has 1 aromatic carbocycles. The Bertz CT molecular complexity index is 2030. The first-order valence-electron chi connectivity index (χ1n) is 18.5. The van der Waals surface area contributed by atoms with Crippen LogP contribution in [0.4, 0.5) is 21.6 Å². The molecule has 3 aromatic heterocycles. The smallest absolute Gasteiger partial charge is 0.248 e. The van der Waals surface area contributed by atoms with Crippen molar-refractivity contribution in [1.29, 1.82) is 0 Å². The molecule has 0 bridgehead atoms. The number of carbonyl (C=O) groups excluding carboxylic acids is 2. The Morgan fingerprint density at radius 2 is 1.86 bits per heavy atom. The second-order valence-corrected chi connectivity index (χ2v) is 15.8. The number of anilines is 3. The van der Waals surface area contributed by atoms with Gasteiger partial charge >= 0.3 is 0 Å². The van der Waals surface area contributed by atoms with Crippen LogP contribution in [-0.2, 0) is 15.0 Å². The van der Waals surface area contributed by atoms with Gasteiger partial charge < -0.3 is 24.8 Å². The van der Waals surface area contributed by atoms with E-state index in [0.29, 0.717) is 48.9 Å². The fourth-order valence-corrected chi connectivity index (χ4v) is 9.34. The number of likely N-dealkylation sites (tertiary alicyclic amines) is 2. The van der Waals surface area contributed by atoms with E-state index in [4.69, 9.17) is 9.97 Å². The number of piperidine rings is 2. The fourth-order valence-electron chi connectivity index (χ4n) is 9.34. The van der Waals surface area contributed by atoms with Crippen molar-refractivity contribution in [2.75, 3.05) is 43.0 Å². The third-order valence-electron chi connectivity index (χ3n) is 12.6. The standard InChI is InChI=1S/C39H45FN8O3/c1-24(2)47-23-42-32-19-31(44-36(35(32)47)43-30-6-12-41-20-29(30)40)25-4-5-28-33(16-25)48(37(51)39(28)10-14-45(15-11-39)34(50)21-49)27-17-26(18-27)46-13-3-7-38(22-46)8-9-38/h4-6,12,16,19-20,23-24,26-27,49H,3,7-11,13-15,17-18,21-22H2,1-2H3,(H,41,43,44). The third-order valence-corrected chi connectivity index (χ3v) is 12.6. The second kappa shape index (κ2) is 12.1. The molecule has 6 heterocycles. The lowest BCUT2D eigenvalue weighted by atomic mass is 9.73. The lowest BCUT2D eigenvalue weighted by Crippen LogP contribution is -2.59. The molecule has 12 heteroatoms. The maximum absolute atomic E-state index is 14.8. The van der Waals surface area contributed by atoms with Gasteiger partial charge in [0.1, 0.15) is 12.1 Å². The van der Waals surface area contributed by atoms with Crippen LogP contribution in [0.5, 0.6) is 0 Å². The van der Waals surface area contributed by atoms with Gasteiger partial charge in [0, 0.05) is 55.2 Å². The number of carbonyl (C=O) groups is 2. The average Bonchev–Trinajstić information content (AvgIpc) is 3.63. The highest BCUT2D eigenvalue weighted by Gasteiger charge is 2.56. The number of halogens is 1. The van der Waals surface area contributed by atoms with Gasteiger partial charge in [-0.2, -0.15) is 0 Å². The topological polar surface area (TPSA) is 120 Å². The molecule has 2 amide bonds. The Morgan fingerprint density at radius 3 is 2.59 bits per heavy atom. The number of rotatable bonds is 7. The monoisotopic (exact) mass is 692 g/mol. The van der Waals surface area contributed by atoms with E-state index in [2.05, 4.69) is 46.1 Å². The predicted molar refractivity (Wildman–Crippen MR) is 192 cm³/mol. The summed E-state index contributed by atoms with van der Waals surface area (Å²) in [6, 6.07) is 10.5. The van der Waals surface area contributed by atoms with Crippen molar-refractivity contribution >= 4 is 40.0 Å². The van der Waals surface area contributed by atoms with Gasteiger partial charge in [0.25, 0.3) is 0 Å². The largest absolute Gasteiger partial charge is 0.387 e. The van der Waals surface area contributed by atoms with Crippen molar-refractivity contribution in [2.24, 2.45) is 5.41 Å². The first kappa shape index (κ1) is 32.5. The Balaban J connectivity index is 1.09. The normalized spacial score (nSPS) is 23.7. The zero-order valence-electron chi connectivity index (χ0n) is 29.3. The lowest BCUT2D eigenvalue weighted by molar-refractivity contribution is -0.138. The minimum atomic E-state index is -0.715. The highest BCUT2D eigenvalue weighted by Crippen LogP contribution is 2.55. The zero-order valence-corrected chi connectivity index (χ0v) is 29.3. The van der Waals surface area contributed by atoms with Crippen LogP contribution < -0.4 is 10.2 Å². The van der Waals surface area contributed by atoms with Crippen molar-refractivity contribution in [1.82, 2.24) is 29.3 Å². The first-order valence-corrected chi connectivity index (χ1v) is 18.5. The van der Waals surface area contributed by atoms with Crippen LogP contribution in [0.15, 0.2) is 49.1 Å². The third kappa shape index (κ3) is 5.32. The highest BCUT2D eigenvalue weighted by atomic mass is 19.1. The molecule has 5 aliphatic rings. The van der Waals surface area contributed by atoms with E-state index in [1.165, 1.54) is 38.4 Å². The van der Waals surface area contributed by atoms with Crippen molar-refractivity contribution in [3.8, 4) is 11.3 Å². The molecular weight excluding hydrogens is 647 g/mol. The number of aliphatic hydroxyl groups excluding tert-OH is 1. The van der Waals surface area contributed by atoms with Crippen molar-refractivity contribution < 1.29 is 19.1 Å². The van der Waals surface area contributed by atoms with Gasteiger partial charge in [-0.05, 0) is 101 Å². The lowest BCUT2D eigenvalue weighted by Gasteiger charge is -2.49. The maximum Gasteiger partial charge on any atom is 0.248 e. The molecule has 266 valence electrons. The molecule has 0 unspecified atom stereocenters. The Labute approximate surface area is 296 Å². The van der Waals surface area contributed by atoms with Gasteiger partial charge in [-0.3, -0.25) is 19.5 Å². The van der Waals surface area contributed by atoms with E-state index in [1.54, 1.807) is 23.5 Å². The molecule has 2 saturated carbocycles. The Morgan fingerprint density at radius 1 is 1.06 bits per heavy atom. The molecular formula is C39H45FN8O3. The van der Waals surface area contributed by atoms with E-state index in [1.807, 2.05) is 16.7 Å². The summed E-state index contributed by atoms with van der Waals surface area (Å²) in [5.41, 5.74) is 5.05. The van der Waals surface area contributed by atoms with Gasteiger partial charge in [0.15, 0.2) is 11.6 Å². The first-order chi connectivity index (χ1) is 24.7. The number of benzene rings is 1. The summed E-state index contributed by atoms with van der Waals surface area (Å²) in [5.74, 6) is -0.160. The van der Waals surface area contributed by atoms with Gasteiger partial charge in [-0.1, -0.05) is 12.1 Å². The number of hydrogen-bond acceptors (Lipinski definition) is 8. The SMILES string of the molecule is CC(C)n1cnc2cc(-c3ccc4c(c3)N(C3CC(N5CCCC6(CC6)C5)C3)C(=O)C43CCN(C(=O)CO)CC3)nc(Nc3ccncc3F)c21. The molecule has 9 rings (SSSR count). The molecule has 2 saturated heterocycles.